The number of aliphatic carboxylic acids is 1. The summed E-state index contributed by atoms with van der Waals surface area (Å²) in [4.78, 5) is 14.1. The van der Waals surface area contributed by atoms with E-state index < -0.39 is 12.0 Å². The zero-order valence-corrected chi connectivity index (χ0v) is 26.1. The Kier molecular flexibility index (Phi) is 34.1. The smallest absolute Gasteiger partial charge is 0.548 e. The fourth-order valence-electron chi connectivity index (χ4n) is 5.46. The molecule has 216 valence electrons. The molecule has 0 radical (unpaired) electrons. The standard InChI is InChI=1S/C33H67NO2.Li/c1-4-7-9-11-13-15-17-19-21-23-25-27-30-34(32(29-6-3)33(35)36)31-28-26-24-22-20-18-16-14-12-10-8-5-2;/h32H,4-31H2,1-3H3,(H,35,36);/q;+1/p-1. The van der Waals surface area contributed by atoms with Crippen molar-refractivity contribution in [2.75, 3.05) is 13.1 Å². The third-order valence-corrected chi connectivity index (χ3v) is 7.87. The molecule has 0 aromatic rings. The molecular formula is C33H66LiNO2. The molecule has 0 aliphatic carbocycles. The Hall–Kier alpha value is 0.0274. The molecule has 0 heterocycles. The number of unbranched alkanes of at least 4 members (excludes halogenated alkanes) is 22. The first-order chi connectivity index (χ1) is 17.7. The van der Waals surface area contributed by atoms with E-state index in [0.717, 1.165) is 38.8 Å². The predicted molar refractivity (Wildman–Crippen MR) is 157 cm³/mol. The second kappa shape index (κ2) is 32.2. The normalized spacial score (nSPS) is 12.1. The van der Waals surface area contributed by atoms with Gasteiger partial charge in [-0.15, -0.1) is 0 Å². The van der Waals surface area contributed by atoms with Crippen molar-refractivity contribution in [3.8, 4) is 0 Å². The summed E-state index contributed by atoms with van der Waals surface area (Å²) in [5.41, 5.74) is 0. The van der Waals surface area contributed by atoms with Gasteiger partial charge in [-0.1, -0.05) is 168 Å². The fourth-order valence-corrected chi connectivity index (χ4v) is 5.46. The number of hydrogen-bond acceptors (Lipinski definition) is 3. The van der Waals surface area contributed by atoms with Crippen molar-refractivity contribution in [2.24, 2.45) is 0 Å². The molecule has 0 aliphatic rings. The summed E-state index contributed by atoms with van der Waals surface area (Å²) in [7, 11) is 0. The third kappa shape index (κ3) is 27.4. The molecule has 0 aliphatic heterocycles. The Morgan fingerprint density at radius 2 is 0.757 bits per heavy atom. The van der Waals surface area contributed by atoms with Gasteiger partial charge in [0.2, 0.25) is 0 Å². The number of carboxylic acids is 1. The van der Waals surface area contributed by atoms with Crippen LogP contribution in [-0.2, 0) is 4.79 Å². The van der Waals surface area contributed by atoms with Gasteiger partial charge in [0.05, 0.1) is 5.97 Å². The van der Waals surface area contributed by atoms with Crippen molar-refractivity contribution < 1.29 is 28.8 Å². The molecule has 0 saturated carbocycles. The number of carboxylic acid groups (broad SMARTS) is 1. The van der Waals surface area contributed by atoms with Crippen molar-refractivity contribution in [3.63, 3.8) is 0 Å². The number of carbonyl (C=O) groups excluding carboxylic acids is 1. The molecule has 0 spiro atoms. The number of hydrogen-bond donors (Lipinski definition) is 0. The first-order valence-corrected chi connectivity index (χ1v) is 16.6. The summed E-state index contributed by atoms with van der Waals surface area (Å²) < 4.78 is 0. The van der Waals surface area contributed by atoms with Crippen LogP contribution in [0.2, 0.25) is 0 Å². The van der Waals surface area contributed by atoms with Crippen LogP contribution in [0, 0.1) is 0 Å². The molecule has 0 fully saturated rings. The molecule has 0 N–H and O–H groups in total. The van der Waals surface area contributed by atoms with Gasteiger partial charge in [0.1, 0.15) is 0 Å². The van der Waals surface area contributed by atoms with Crippen LogP contribution in [0.1, 0.15) is 188 Å². The SMILES string of the molecule is CCCCCCCCCCCCCCN(CCCCCCCCCCCCCC)C(CCC)C(=O)[O-].[Li+]. The molecule has 0 amide bonds. The average molecular weight is 516 g/mol. The van der Waals surface area contributed by atoms with Gasteiger partial charge in [-0.25, -0.2) is 0 Å². The maximum atomic E-state index is 11.8. The second-order valence-electron chi connectivity index (χ2n) is 11.4. The van der Waals surface area contributed by atoms with E-state index in [0.29, 0.717) is 0 Å². The number of nitrogens with zero attached hydrogens (tertiary/aromatic N) is 1. The van der Waals surface area contributed by atoms with Crippen LogP contribution < -0.4 is 24.0 Å². The van der Waals surface area contributed by atoms with E-state index in [2.05, 4.69) is 25.7 Å². The molecule has 0 aromatic carbocycles. The molecular weight excluding hydrogens is 449 g/mol. The molecule has 0 bridgehead atoms. The van der Waals surface area contributed by atoms with Gasteiger partial charge in [-0.3, -0.25) is 4.90 Å². The second-order valence-corrected chi connectivity index (χ2v) is 11.4. The predicted octanol–water partition coefficient (Wildman–Crippen LogP) is 6.61. The van der Waals surface area contributed by atoms with E-state index in [9.17, 15) is 9.90 Å². The molecule has 0 rings (SSSR count). The van der Waals surface area contributed by atoms with Gasteiger partial charge in [0.25, 0.3) is 0 Å². The minimum absolute atomic E-state index is 0. The molecule has 1 atom stereocenters. The first-order valence-electron chi connectivity index (χ1n) is 16.6. The van der Waals surface area contributed by atoms with Crippen LogP contribution in [-0.4, -0.2) is 30.0 Å². The maximum absolute atomic E-state index is 11.8. The van der Waals surface area contributed by atoms with E-state index in [4.69, 9.17) is 0 Å². The summed E-state index contributed by atoms with van der Waals surface area (Å²) in [6.07, 6.45) is 33.9. The van der Waals surface area contributed by atoms with E-state index in [1.165, 1.54) is 141 Å². The van der Waals surface area contributed by atoms with Crippen molar-refractivity contribution in [1.29, 1.82) is 0 Å². The minimum Gasteiger partial charge on any atom is -0.548 e. The molecule has 3 nitrogen and oxygen atoms in total. The summed E-state index contributed by atoms with van der Waals surface area (Å²) in [6, 6.07) is -0.393. The first kappa shape index (κ1) is 39.2. The van der Waals surface area contributed by atoms with Crippen molar-refractivity contribution in [1.82, 2.24) is 4.90 Å². The van der Waals surface area contributed by atoms with Crippen LogP contribution in [0.25, 0.3) is 0 Å². The molecule has 0 aromatic heterocycles. The Labute approximate surface area is 245 Å². The van der Waals surface area contributed by atoms with Crippen LogP contribution in [0.3, 0.4) is 0 Å². The van der Waals surface area contributed by atoms with Crippen LogP contribution in [0.5, 0.6) is 0 Å². The molecule has 37 heavy (non-hydrogen) atoms. The number of rotatable bonds is 30. The van der Waals surface area contributed by atoms with E-state index in [-0.39, 0.29) is 18.9 Å². The van der Waals surface area contributed by atoms with Gasteiger partial charge in [-0.05, 0) is 32.4 Å². The molecule has 1 unspecified atom stereocenters. The van der Waals surface area contributed by atoms with E-state index in [1.807, 2.05) is 0 Å². The summed E-state index contributed by atoms with van der Waals surface area (Å²) >= 11 is 0. The van der Waals surface area contributed by atoms with Gasteiger partial charge in [0, 0.05) is 6.04 Å². The van der Waals surface area contributed by atoms with Crippen molar-refractivity contribution >= 4 is 5.97 Å². The van der Waals surface area contributed by atoms with E-state index in [1.54, 1.807) is 0 Å². The van der Waals surface area contributed by atoms with Gasteiger partial charge in [-0.2, -0.15) is 0 Å². The monoisotopic (exact) mass is 516 g/mol. The van der Waals surface area contributed by atoms with Crippen molar-refractivity contribution in [2.45, 2.75) is 194 Å². The van der Waals surface area contributed by atoms with Crippen LogP contribution in [0.4, 0.5) is 0 Å². The summed E-state index contributed by atoms with van der Waals surface area (Å²) in [6.45, 7) is 8.49. The summed E-state index contributed by atoms with van der Waals surface area (Å²) in [5.74, 6) is -0.866. The Morgan fingerprint density at radius 3 is 1.00 bits per heavy atom. The topological polar surface area (TPSA) is 43.4 Å². The van der Waals surface area contributed by atoms with Crippen LogP contribution in [0.15, 0.2) is 0 Å². The Bertz CT molecular complexity index is 418. The van der Waals surface area contributed by atoms with Crippen molar-refractivity contribution in [3.05, 3.63) is 0 Å². The zero-order chi connectivity index (χ0) is 26.5. The van der Waals surface area contributed by atoms with Gasteiger partial charge in [0.15, 0.2) is 0 Å². The third-order valence-electron chi connectivity index (χ3n) is 7.87. The summed E-state index contributed by atoms with van der Waals surface area (Å²) in [5, 5.41) is 11.8. The molecule has 4 heteroatoms. The van der Waals surface area contributed by atoms with Gasteiger partial charge >= 0.3 is 18.9 Å². The van der Waals surface area contributed by atoms with E-state index >= 15 is 0 Å². The van der Waals surface area contributed by atoms with Gasteiger partial charge < -0.3 is 9.90 Å². The van der Waals surface area contributed by atoms with Crippen LogP contribution >= 0.6 is 0 Å². The molecule has 0 saturated heterocycles. The maximum Gasteiger partial charge on any atom is 1.00 e. The Morgan fingerprint density at radius 1 is 0.486 bits per heavy atom. The fraction of sp³-hybridized carbons (Fsp3) is 0.970. The number of carbonyl (C=O) groups is 1. The average Bonchev–Trinajstić information content (AvgIpc) is 2.87. The largest absolute Gasteiger partial charge is 1.00 e. The Balaban J connectivity index is 0. The quantitative estimate of drug-likeness (QED) is 0.0798. The minimum atomic E-state index is -0.866. The zero-order valence-electron chi connectivity index (χ0n) is 26.1.